The number of benzene rings is 2. The fourth-order valence-corrected chi connectivity index (χ4v) is 6.88. The van der Waals surface area contributed by atoms with Crippen LogP contribution in [0.2, 0.25) is 0 Å². The molecule has 0 saturated carbocycles. The second-order valence-electron chi connectivity index (χ2n) is 8.96. The Labute approximate surface area is 210 Å². The Morgan fingerprint density at radius 3 is 2.34 bits per heavy atom. The number of para-hydroxylation sites is 1. The molecule has 1 aliphatic heterocycles. The third kappa shape index (κ3) is 7.93. The minimum absolute atomic E-state index is 0.302. The summed E-state index contributed by atoms with van der Waals surface area (Å²) in [5, 5.41) is 0.581. The van der Waals surface area contributed by atoms with Crippen LogP contribution in [-0.2, 0) is 18.6 Å². The van der Waals surface area contributed by atoms with Gasteiger partial charge in [0.25, 0.3) is 0 Å². The van der Waals surface area contributed by atoms with Gasteiger partial charge in [-0.25, -0.2) is 4.67 Å². The Morgan fingerprint density at radius 1 is 0.943 bits per heavy atom. The van der Waals surface area contributed by atoms with Crippen LogP contribution in [0, 0.1) is 0 Å². The number of unbranched alkanes of at least 4 members (excludes halogenated alkanes) is 5. The maximum atomic E-state index is 14.4. The van der Waals surface area contributed by atoms with Gasteiger partial charge < -0.3 is 14.0 Å². The summed E-state index contributed by atoms with van der Waals surface area (Å²) in [6.45, 7) is 5.26. The highest BCUT2D eigenvalue weighted by atomic mass is 31.2. The topological polar surface area (TPSA) is 65.1 Å². The fourth-order valence-electron chi connectivity index (χ4n) is 4.40. The van der Waals surface area contributed by atoms with E-state index in [0.29, 0.717) is 37.2 Å². The van der Waals surface area contributed by atoms with Crippen LogP contribution in [0.4, 0.5) is 0 Å². The molecular weight excluding hydrogens is 461 g/mol. The highest BCUT2D eigenvalue weighted by Gasteiger charge is 2.43. The molecule has 35 heavy (non-hydrogen) atoms. The predicted molar refractivity (Wildman–Crippen MR) is 141 cm³/mol. The molecule has 0 bridgehead atoms. The Balaban J connectivity index is 1.79. The first kappa shape index (κ1) is 27.4. The molecule has 0 N–H and O–H groups in total. The van der Waals surface area contributed by atoms with Crippen LogP contribution in [0.3, 0.4) is 0 Å². The molecule has 0 radical (unpaired) electrons. The van der Waals surface area contributed by atoms with Gasteiger partial charge in [-0.15, -0.1) is 0 Å². The third-order valence-electron chi connectivity index (χ3n) is 6.28. The number of carbonyl (C=O) groups is 1. The minimum Gasteiger partial charge on any atom is -0.465 e. The molecule has 0 aromatic heterocycles. The largest absolute Gasteiger partial charge is 0.465 e. The van der Waals surface area contributed by atoms with Gasteiger partial charge in [-0.05, 0) is 62.6 Å². The second kappa shape index (κ2) is 14.4. The molecule has 1 heterocycles. The summed E-state index contributed by atoms with van der Waals surface area (Å²) in [4.78, 5) is 13.0. The number of hydrogen-bond acceptors (Lipinski definition) is 5. The maximum absolute atomic E-state index is 14.4. The standard InChI is InChI=1S/C28H40NO5P/c1-3-5-6-7-8-12-17-27(28(30)32-4-2)29-22-13-14-23-33-35(29,31)26-20-18-25(19-21-26)34-24-15-10-9-11-16-24/h9-11,15-16,18-21,27H,3-8,12-14,17,22-23H2,1-2H3. The fraction of sp³-hybridized carbons (Fsp3) is 0.536. The van der Waals surface area contributed by atoms with Crippen molar-refractivity contribution >= 4 is 18.8 Å². The van der Waals surface area contributed by atoms with E-state index in [0.717, 1.165) is 37.9 Å². The lowest BCUT2D eigenvalue weighted by molar-refractivity contribution is -0.148. The van der Waals surface area contributed by atoms with Crippen LogP contribution in [0.1, 0.15) is 71.6 Å². The normalized spacial score (nSPS) is 19.6. The molecule has 1 aliphatic rings. The molecule has 2 aromatic rings. The van der Waals surface area contributed by atoms with Gasteiger partial charge in [0, 0.05) is 6.54 Å². The van der Waals surface area contributed by atoms with Gasteiger partial charge in [0.2, 0.25) is 0 Å². The molecule has 7 heteroatoms. The summed E-state index contributed by atoms with van der Waals surface area (Å²) in [6.07, 6.45) is 9.01. The van der Waals surface area contributed by atoms with Crippen LogP contribution < -0.4 is 10.0 Å². The zero-order valence-corrected chi connectivity index (χ0v) is 22.1. The van der Waals surface area contributed by atoms with Gasteiger partial charge in [0.1, 0.15) is 17.5 Å². The minimum atomic E-state index is -3.44. The first-order chi connectivity index (χ1) is 17.1. The first-order valence-corrected chi connectivity index (χ1v) is 14.7. The summed E-state index contributed by atoms with van der Waals surface area (Å²) in [5.74, 6) is 1.08. The highest BCUT2D eigenvalue weighted by molar-refractivity contribution is 7.64. The van der Waals surface area contributed by atoms with Gasteiger partial charge in [-0.1, -0.05) is 63.6 Å². The van der Waals surface area contributed by atoms with Crippen LogP contribution in [0.15, 0.2) is 54.6 Å². The quantitative estimate of drug-likeness (QED) is 0.166. The van der Waals surface area contributed by atoms with E-state index in [2.05, 4.69) is 6.92 Å². The van der Waals surface area contributed by atoms with Crippen molar-refractivity contribution in [1.29, 1.82) is 0 Å². The summed E-state index contributed by atoms with van der Waals surface area (Å²) < 4.78 is 33.6. The van der Waals surface area contributed by atoms with Gasteiger partial charge in [-0.3, -0.25) is 9.36 Å². The van der Waals surface area contributed by atoms with E-state index in [9.17, 15) is 9.36 Å². The zero-order chi connectivity index (χ0) is 24.9. The number of hydrogen-bond donors (Lipinski definition) is 0. The SMILES string of the molecule is CCCCCCCCC(C(=O)OCC)N1CCCCOP1(=O)c1ccc(Oc2ccccc2)cc1. The van der Waals surface area contributed by atoms with Crippen molar-refractivity contribution in [3.05, 3.63) is 54.6 Å². The Hall–Kier alpha value is -2.14. The van der Waals surface area contributed by atoms with E-state index < -0.39 is 13.6 Å². The van der Waals surface area contributed by atoms with E-state index in [1.165, 1.54) is 19.3 Å². The van der Waals surface area contributed by atoms with Crippen molar-refractivity contribution in [1.82, 2.24) is 4.67 Å². The first-order valence-electron chi connectivity index (χ1n) is 13.1. The van der Waals surface area contributed by atoms with E-state index in [1.807, 2.05) is 49.4 Å². The van der Waals surface area contributed by atoms with Crippen molar-refractivity contribution in [2.75, 3.05) is 19.8 Å². The molecule has 1 saturated heterocycles. The lowest BCUT2D eigenvalue weighted by Gasteiger charge is -2.34. The Morgan fingerprint density at radius 2 is 1.63 bits per heavy atom. The molecule has 1 fully saturated rings. The molecule has 0 spiro atoms. The van der Waals surface area contributed by atoms with Gasteiger partial charge in [0.15, 0.2) is 0 Å². The number of ether oxygens (including phenoxy) is 2. The molecule has 2 unspecified atom stereocenters. The molecule has 2 aromatic carbocycles. The summed E-state index contributed by atoms with van der Waals surface area (Å²) >= 11 is 0. The summed E-state index contributed by atoms with van der Waals surface area (Å²) in [7, 11) is -3.44. The van der Waals surface area contributed by atoms with Crippen molar-refractivity contribution in [3.63, 3.8) is 0 Å². The van der Waals surface area contributed by atoms with Crippen molar-refractivity contribution in [2.24, 2.45) is 0 Å². The molecular formula is C28H40NO5P. The summed E-state index contributed by atoms with van der Waals surface area (Å²) in [6, 6.07) is 16.2. The van der Waals surface area contributed by atoms with Crippen molar-refractivity contribution in [2.45, 2.75) is 77.7 Å². The maximum Gasteiger partial charge on any atom is 0.323 e. The zero-order valence-electron chi connectivity index (χ0n) is 21.2. The smallest absolute Gasteiger partial charge is 0.323 e. The molecule has 2 atom stereocenters. The van der Waals surface area contributed by atoms with Crippen LogP contribution in [0.5, 0.6) is 11.5 Å². The van der Waals surface area contributed by atoms with Crippen LogP contribution in [-0.4, -0.2) is 36.4 Å². The van der Waals surface area contributed by atoms with Crippen LogP contribution in [0.25, 0.3) is 0 Å². The number of carbonyl (C=O) groups excluding carboxylic acids is 1. The Kier molecular flexibility index (Phi) is 11.3. The van der Waals surface area contributed by atoms with E-state index in [-0.39, 0.29) is 5.97 Å². The average Bonchev–Trinajstić information content (AvgIpc) is 3.07. The molecule has 6 nitrogen and oxygen atoms in total. The molecule has 0 amide bonds. The number of esters is 1. The van der Waals surface area contributed by atoms with E-state index in [1.54, 1.807) is 16.8 Å². The highest BCUT2D eigenvalue weighted by Crippen LogP contribution is 2.53. The monoisotopic (exact) mass is 501 g/mol. The molecule has 3 rings (SSSR count). The lowest BCUT2D eigenvalue weighted by Crippen LogP contribution is -2.42. The number of nitrogens with zero attached hydrogens (tertiary/aromatic N) is 1. The summed E-state index contributed by atoms with van der Waals surface area (Å²) in [5.41, 5.74) is 0. The average molecular weight is 502 g/mol. The Bertz CT molecular complexity index is 934. The van der Waals surface area contributed by atoms with Crippen molar-refractivity contribution in [3.8, 4) is 11.5 Å². The number of rotatable bonds is 13. The van der Waals surface area contributed by atoms with Gasteiger partial charge >= 0.3 is 13.5 Å². The predicted octanol–water partition coefficient (Wildman–Crippen LogP) is 7.09. The molecule has 192 valence electrons. The lowest BCUT2D eigenvalue weighted by atomic mass is 10.1. The third-order valence-corrected chi connectivity index (χ3v) is 8.92. The van der Waals surface area contributed by atoms with E-state index >= 15 is 0 Å². The van der Waals surface area contributed by atoms with Crippen LogP contribution >= 0.6 is 7.52 Å². The van der Waals surface area contributed by atoms with E-state index in [4.69, 9.17) is 14.0 Å². The second-order valence-corrected chi connectivity index (χ2v) is 11.3. The van der Waals surface area contributed by atoms with Crippen molar-refractivity contribution < 1.29 is 23.4 Å². The van der Waals surface area contributed by atoms with Gasteiger partial charge in [0.05, 0.1) is 18.5 Å². The molecule has 0 aliphatic carbocycles. The van der Waals surface area contributed by atoms with Gasteiger partial charge in [-0.2, -0.15) is 0 Å².